The number of sulfonamides is 1. The first kappa shape index (κ1) is 17.6. The fourth-order valence-corrected chi connectivity index (χ4v) is 2.52. The molecule has 126 valence electrons. The lowest BCUT2D eigenvalue weighted by Gasteiger charge is -2.09. The van der Waals surface area contributed by atoms with Gasteiger partial charge in [-0.1, -0.05) is 18.2 Å². The Hall–Kier alpha value is -2.78. The van der Waals surface area contributed by atoms with Crippen molar-refractivity contribution in [3.63, 3.8) is 0 Å². The van der Waals surface area contributed by atoms with E-state index >= 15 is 0 Å². The Morgan fingerprint density at radius 3 is 2.58 bits per heavy atom. The molecule has 2 aromatic rings. The first-order valence-corrected chi connectivity index (χ1v) is 8.27. The normalized spacial score (nSPS) is 11.1. The number of hydrogen-bond donors (Lipinski definition) is 1. The SMILES string of the molecule is Cc1ccc(S(N)(=O)=O)cc1C(=O)OCc1cccc([N+](=O)[O-])c1. The van der Waals surface area contributed by atoms with Crippen LogP contribution in [0.5, 0.6) is 0 Å². The van der Waals surface area contributed by atoms with Crippen molar-refractivity contribution in [2.24, 2.45) is 5.14 Å². The summed E-state index contributed by atoms with van der Waals surface area (Å²) in [6.45, 7) is 1.44. The van der Waals surface area contributed by atoms with Crippen molar-refractivity contribution in [1.29, 1.82) is 0 Å². The average Bonchev–Trinajstić information content (AvgIpc) is 2.52. The van der Waals surface area contributed by atoms with Gasteiger partial charge >= 0.3 is 5.97 Å². The van der Waals surface area contributed by atoms with Gasteiger partial charge in [0.05, 0.1) is 15.4 Å². The topological polar surface area (TPSA) is 130 Å². The highest BCUT2D eigenvalue weighted by molar-refractivity contribution is 7.89. The van der Waals surface area contributed by atoms with Gasteiger partial charge in [-0.3, -0.25) is 10.1 Å². The minimum absolute atomic E-state index is 0.0620. The van der Waals surface area contributed by atoms with E-state index in [2.05, 4.69) is 0 Å². The minimum atomic E-state index is -3.94. The summed E-state index contributed by atoms with van der Waals surface area (Å²) in [4.78, 5) is 22.1. The number of carbonyl (C=O) groups is 1. The first-order valence-electron chi connectivity index (χ1n) is 6.72. The molecule has 0 atom stereocenters. The number of benzene rings is 2. The Morgan fingerprint density at radius 2 is 1.96 bits per heavy atom. The Morgan fingerprint density at radius 1 is 1.25 bits per heavy atom. The number of ether oxygens (including phenoxy) is 1. The summed E-state index contributed by atoms with van der Waals surface area (Å²) in [5.74, 6) is -0.746. The second kappa shape index (κ2) is 6.77. The maximum atomic E-state index is 12.1. The van der Waals surface area contributed by atoms with Crippen LogP contribution in [-0.4, -0.2) is 19.3 Å². The van der Waals surface area contributed by atoms with E-state index in [-0.39, 0.29) is 22.8 Å². The molecule has 8 nitrogen and oxygen atoms in total. The molecule has 0 unspecified atom stereocenters. The predicted octanol–water partition coefficient (Wildman–Crippen LogP) is 1.91. The largest absolute Gasteiger partial charge is 0.457 e. The van der Waals surface area contributed by atoms with Crippen LogP contribution in [0.2, 0.25) is 0 Å². The lowest BCUT2D eigenvalue weighted by atomic mass is 10.1. The summed E-state index contributed by atoms with van der Waals surface area (Å²) in [5.41, 5.74) is 0.909. The molecule has 0 saturated heterocycles. The maximum Gasteiger partial charge on any atom is 0.338 e. The predicted molar refractivity (Wildman–Crippen MR) is 84.8 cm³/mol. The molecule has 0 bridgehead atoms. The molecule has 0 spiro atoms. The standard InChI is InChI=1S/C15H14N2O6S/c1-10-5-6-13(24(16,21)22)8-14(10)15(18)23-9-11-3-2-4-12(7-11)17(19)20/h2-8H,9H2,1H3,(H2,16,21,22). The molecule has 0 aliphatic rings. The van der Waals surface area contributed by atoms with E-state index in [4.69, 9.17) is 9.88 Å². The molecule has 0 radical (unpaired) electrons. The fraction of sp³-hybridized carbons (Fsp3) is 0.133. The molecule has 2 aromatic carbocycles. The summed E-state index contributed by atoms with van der Waals surface area (Å²) in [6.07, 6.45) is 0. The van der Waals surface area contributed by atoms with Crippen LogP contribution in [-0.2, 0) is 21.4 Å². The number of primary sulfonamides is 1. The lowest BCUT2D eigenvalue weighted by molar-refractivity contribution is -0.384. The van der Waals surface area contributed by atoms with Gasteiger partial charge in [0.15, 0.2) is 0 Å². The van der Waals surface area contributed by atoms with Crippen LogP contribution in [0.15, 0.2) is 47.4 Å². The molecule has 0 aliphatic heterocycles. The number of hydrogen-bond acceptors (Lipinski definition) is 6. The van der Waals surface area contributed by atoms with Crippen LogP contribution in [0.4, 0.5) is 5.69 Å². The molecule has 9 heteroatoms. The van der Waals surface area contributed by atoms with Gasteiger partial charge in [-0.15, -0.1) is 0 Å². The maximum absolute atomic E-state index is 12.1. The fourth-order valence-electron chi connectivity index (χ4n) is 1.98. The zero-order valence-electron chi connectivity index (χ0n) is 12.6. The first-order chi connectivity index (χ1) is 11.2. The summed E-state index contributed by atoms with van der Waals surface area (Å²) in [6, 6.07) is 9.56. The summed E-state index contributed by atoms with van der Waals surface area (Å²) in [7, 11) is -3.94. The Labute approximate surface area is 138 Å². The molecule has 0 fully saturated rings. The number of nitrogens with zero attached hydrogens (tertiary/aromatic N) is 1. The van der Waals surface area contributed by atoms with Crippen molar-refractivity contribution in [1.82, 2.24) is 0 Å². The van der Waals surface area contributed by atoms with Gasteiger partial charge < -0.3 is 4.74 Å². The number of nitro groups is 1. The van der Waals surface area contributed by atoms with Crippen molar-refractivity contribution in [2.75, 3.05) is 0 Å². The number of nitrogens with two attached hydrogens (primary N) is 1. The number of non-ortho nitro benzene ring substituents is 1. The van der Waals surface area contributed by atoms with Gasteiger partial charge in [-0.2, -0.15) is 0 Å². The molecular weight excluding hydrogens is 336 g/mol. The quantitative estimate of drug-likeness (QED) is 0.498. The zero-order chi connectivity index (χ0) is 17.9. The molecule has 0 saturated carbocycles. The molecular formula is C15H14N2O6S. The highest BCUT2D eigenvalue weighted by Crippen LogP contribution is 2.18. The highest BCUT2D eigenvalue weighted by atomic mass is 32.2. The van der Waals surface area contributed by atoms with Crippen LogP contribution in [0.3, 0.4) is 0 Å². The second-order valence-corrected chi connectivity index (χ2v) is 6.59. The molecule has 0 aromatic heterocycles. The van der Waals surface area contributed by atoms with Crippen molar-refractivity contribution >= 4 is 21.7 Å². The van der Waals surface area contributed by atoms with Gasteiger partial charge in [-0.25, -0.2) is 18.4 Å². The van der Waals surface area contributed by atoms with E-state index in [0.717, 1.165) is 6.07 Å². The minimum Gasteiger partial charge on any atom is -0.457 e. The van der Waals surface area contributed by atoms with Crippen LogP contribution in [0.1, 0.15) is 21.5 Å². The van der Waals surface area contributed by atoms with Gasteiger partial charge in [0.2, 0.25) is 10.0 Å². The average molecular weight is 350 g/mol. The molecule has 2 N–H and O–H groups in total. The van der Waals surface area contributed by atoms with Crippen molar-refractivity contribution in [2.45, 2.75) is 18.4 Å². The van der Waals surface area contributed by atoms with Crippen LogP contribution < -0.4 is 5.14 Å². The van der Waals surface area contributed by atoms with Gasteiger partial charge in [-0.05, 0) is 30.2 Å². The van der Waals surface area contributed by atoms with E-state index < -0.39 is 20.9 Å². The number of esters is 1. The molecule has 0 heterocycles. The third-order valence-electron chi connectivity index (χ3n) is 3.25. The Bertz CT molecular complexity index is 908. The zero-order valence-corrected chi connectivity index (χ0v) is 13.4. The van der Waals surface area contributed by atoms with Crippen LogP contribution in [0.25, 0.3) is 0 Å². The molecule has 2 rings (SSSR count). The van der Waals surface area contributed by atoms with Gasteiger partial charge in [0.25, 0.3) is 5.69 Å². The van der Waals surface area contributed by atoms with Crippen LogP contribution in [0, 0.1) is 17.0 Å². The third-order valence-corrected chi connectivity index (χ3v) is 4.16. The van der Waals surface area contributed by atoms with E-state index in [1.807, 2.05) is 0 Å². The number of nitro benzene ring substituents is 1. The summed E-state index contributed by atoms with van der Waals surface area (Å²) >= 11 is 0. The van der Waals surface area contributed by atoms with E-state index in [0.29, 0.717) is 11.1 Å². The monoisotopic (exact) mass is 350 g/mol. The lowest BCUT2D eigenvalue weighted by Crippen LogP contribution is -2.14. The smallest absolute Gasteiger partial charge is 0.338 e. The van der Waals surface area contributed by atoms with Crippen molar-refractivity contribution in [3.05, 3.63) is 69.3 Å². The van der Waals surface area contributed by atoms with Crippen molar-refractivity contribution < 1.29 is 22.9 Å². The van der Waals surface area contributed by atoms with Gasteiger partial charge in [0, 0.05) is 12.1 Å². The Kier molecular flexibility index (Phi) is 4.96. The molecule has 0 aliphatic carbocycles. The van der Waals surface area contributed by atoms with Crippen LogP contribution >= 0.6 is 0 Å². The summed E-state index contributed by atoms with van der Waals surface area (Å²) < 4.78 is 27.8. The van der Waals surface area contributed by atoms with E-state index in [1.54, 1.807) is 13.0 Å². The van der Waals surface area contributed by atoms with E-state index in [9.17, 15) is 23.3 Å². The second-order valence-electron chi connectivity index (χ2n) is 5.02. The van der Waals surface area contributed by atoms with Crippen molar-refractivity contribution in [3.8, 4) is 0 Å². The summed E-state index contributed by atoms with van der Waals surface area (Å²) in [5, 5.41) is 15.8. The van der Waals surface area contributed by atoms with Gasteiger partial charge in [0.1, 0.15) is 6.61 Å². The highest BCUT2D eigenvalue weighted by Gasteiger charge is 2.16. The molecule has 0 amide bonds. The number of rotatable bonds is 5. The third kappa shape index (κ3) is 4.15. The number of aryl methyl sites for hydroxylation is 1. The molecule has 24 heavy (non-hydrogen) atoms. The number of carbonyl (C=O) groups excluding carboxylic acids is 1. The van der Waals surface area contributed by atoms with E-state index in [1.165, 1.54) is 30.3 Å². The Balaban J connectivity index is 2.19.